The Hall–Kier alpha value is -1.84. The molecule has 1 aromatic carbocycles. The zero-order valence-electron chi connectivity index (χ0n) is 20.0. The number of rotatable bonds is 19. The summed E-state index contributed by atoms with van der Waals surface area (Å²) in [6.07, 6.45) is 17.0. The molecule has 0 heterocycles. The van der Waals surface area contributed by atoms with Crippen molar-refractivity contribution in [1.82, 2.24) is 0 Å². The van der Waals surface area contributed by atoms with Crippen LogP contribution in [0.3, 0.4) is 0 Å². The third-order valence-electron chi connectivity index (χ3n) is 5.69. The second-order valence-corrected chi connectivity index (χ2v) is 8.55. The van der Waals surface area contributed by atoms with Crippen LogP contribution < -0.4 is 0 Å². The molecule has 0 aromatic heterocycles. The number of benzene rings is 1. The van der Waals surface area contributed by atoms with Crippen LogP contribution >= 0.6 is 0 Å². The molecule has 0 atom stereocenters. The van der Waals surface area contributed by atoms with Crippen molar-refractivity contribution >= 4 is 11.9 Å². The molecule has 1 aromatic rings. The van der Waals surface area contributed by atoms with Crippen LogP contribution in [-0.2, 0) is 25.7 Å². The van der Waals surface area contributed by atoms with Gasteiger partial charge in [0, 0.05) is 0 Å². The molecule has 0 spiro atoms. The van der Waals surface area contributed by atoms with Gasteiger partial charge in [-0.05, 0) is 24.5 Å². The van der Waals surface area contributed by atoms with E-state index in [0.29, 0.717) is 6.61 Å². The summed E-state index contributed by atoms with van der Waals surface area (Å²) in [7, 11) is 0. The minimum atomic E-state index is -0.360. The Morgan fingerprint density at radius 1 is 0.677 bits per heavy atom. The number of esters is 2. The summed E-state index contributed by atoms with van der Waals surface area (Å²) in [5.74, 6) is -0.673. The fraction of sp³-hybridized carbons (Fsp3) is 0.704. The number of hydrogen-bond acceptors (Lipinski definition) is 4. The Balaban J connectivity index is 1.87. The molecule has 0 aliphatic rings. The fourth-order valence-electron chi connectivity index (χ4n) is 3.58. The standard InChI is InChI=1S/C27H44O4/c1-3-4-5-6-7-8-9-10-11-12-13-14-17-22-30-26(28)20-21-27(29)31-23-25-19-16-15-18-24(25)2/h15-16,18-19H,3-14,17,20-23H2,1-2H3. The van der Waals surface area contributed by atoms with Gasteiger partial charge in [-0.2, -0.15) is 0 Å². The zero-order chi connectivity index (χ0) is 22.6. The van der Waals surface area contributed by atoms with Gasteiger partial charge in [-0.25, -0.2) is 0 Å². The van der Waals surface area contributed by atoms with E-state index in [9.17, 15) is 9.59 Å². The maximum Gasteiger partial charge on any atom is 0.306 e. The van der Waals surface area contributed by atoms with E-state index in [2.05, 4.69) is 6.92 Å². The molecule has 0 saturated heterocycles. The molecule has 4 nitrogen and oxygen atoms in total. The molecular weight excluding hydrogens is 388 g/mol. The van der Waals surface area contributed by atoms with Gasteiger partial charge in [0.15, 0.2) is 0 Å². The van der Waals surface area contributed by atoms with E-state index in [4.69, 9.17) is 9.47 Å². The van der Waals surface area contributed by atoms with E-state index in [0.717, 1.165) is 24.0 Å². The smallest absolute Gasteiger partial charge is 0.306 e. The normalized spacial score (nSPS) is 10.8. The molecule has 0 unspecified atom stereocenters. The van der Waals surface area contributed by atoms with Gasteiger partial charge in [-0.1, -0.05) is 108 Å². The average molecular weight is 433 g/mol. The van der Waals surface area contributed by atoms with Crippen molar-refractivity contribution in [3.8, 4) is 0 Å². The molecule has 0 saturated carbocycles. The number of ether oxygens (including phenoxy) is 2. The van der Waals surface area contributed by atoms with Gasteiger partial charge in [0.05, 0.1) is 19.4 Å². The highest BCUT2D eigenvalue weighted by Crippen LogP contribution is 2.13. The Labute approximate surface area is 190 Å². The molecule has 0 N–H and O–H groups in total. The van der Waals surface area contributed by atoms with Crippen LogP contribution in [0.25, 0.3) is 0 Å². The van der Waals surface area contributed by atoms with Crippen molar-refractivity contribution in [1.29, 1.82) is 0 Å². The first-order valence-electron chi connectivity index (χ1n) is 12.5. The minimum Gasteiger partial charge on any atom is -0.466 e. The Bertz CT molecular complexity index is 597. The molecule has 176 valence electrons. The Kier molecular flexibility index (Phi) is 16.6. The molecule has 0 fully saturated rings. The second kappa shape index (κ2) is 18.9. The van der Waals surface area contributed by atoms with Crippen molar-refractivity contribution in [3.63, 3.8) is 0 Å². The van der Waals surface area contributed by atoms with Crippen molar-refractivity contribution in [2.45, 2.75) is 117 Å². The van der Waals surface area contributed by atoms with E-state index in [-0.39, 0.29) is 31.4 Å². The summed E-state index contributed by atoms with van der Waals surface area (Å²) in [5, 5.41) is 0. The molecule has 0 aliphatic carbocycles. The number of hydrogen-bond donors (Lipinski definition) is 0. The molecule has 0 radical (unpaired) electrons. The summed E-state index contributed by atoms with van der Waals surface area (Å²) >= 11 is 0. The van der Waals surface area contributed by atoms with Crippen LogP contribution in [0.15, 0.2) is 24.3 Å². The quantitative estimate of drug-likeness (QED) is 0.168. The van der Waals surface area contributed by atoms with E-state index >= 15 is 0 Å². The predicted octanol–water partition coefficient (Wildman–Crippen LogP) is 7.45. The highest BCUT2D eigenvalue weighted by molar-refractivity contribution is 5.77. The van der Waals surface area contributed by atoms with Crippen molar-refractivity contribution in [2.24, 2.45) is 0 Å². The first kappa shape index (κ1) is 27.2. The Morgan fingerprint density at radius 2 is 1.16 bits per heavy atom. The maximum absolute atomic E-state index is 11.8. The highest BCUT2D eigenvalue weighted by atomic mass is 16.5. The monoisotopic (exact) mass is 432 g/mol. The van der Waals surface area contributed by atoms with Crippen molar-refractivity contribution < 1.29 is 19.1 Å². The van der Waals surface area contributed by atoms with E-state index in [1.807, 2.05) is 31.2 Å². The van der Waals surface area contributed by atoms with Gasteiger partial charge < -0.3 is 9.47 Å². The largest absolute Gasteiger partial charge is 0.466 e. The third-order valence-corrected chi connectivity index (χ3v) is 5.69. The predicted molar refractivity (Wildman–Crippen MR) is 127 cm³/mol. The molecule has 4 heteroatoms. The lowest BCUT2D eigenvalue weighted by Crippen LogP contribution is -2.11. The molecule has 0 amide bonds. The molecule has 0 bridgehead atoms. The number of unbranched alkanes of at least 4 members (excludes halogenated alkanes) is 12. The minimum absolute atomic E-state index is 0.0727. The van der Waals surface area contributed by atoms with Crippen LogP contribution in [0.4, 0.5) is 0 Å². The van der Waals surface area contributed by atoms with E-state index < -0.39 is 0 Å². The Morgan fingerprint density at radius 3 is 1.71 bits per heavy atom. The summed E-state index contributed by atoms with van der Waals surface area (Å²) < 4.78 is 10.5. The van der Waals surface area contributed by atoms with Gasteiger partial charge >= 0.3 is 11.9 Å². The van der Waals surface area contributed by atoms with Crippen LogP contribution in [-0.4, -0.2) is 18.5 Å². The van der Waals surface area contributed by atoms with Crippen LogP contribution in [0, 0.1) is 6.92 Å². The van der Waals surface area contributed by atoms with E-state index in [1.165, 1.54) is 70.6 Å². The topological polar surface area (TPSA) is 52.6 Å². The van der Waals surface area contributed by atoms with Gasteiger partial charge in [-0.15, -0.1) is 0 Å². The maximum atomic E-state index is 11.8. The molecular formula is C27H44O4. The molecule has 31 heavy (non-hydrogen) atoms. The fourth-order valence-corrected chi connectivity index (χ4v) is 3.58. The number of carbonyl (C=O) groups is 2. The van der Waals surface area contributed by atoms with E-state index in [1.54, 1.807) is 0 Å². The lowest BCUT2D eigenvalue weighted by Gasteiger charge is -2.08. The van der Waals surface area contributed by atoms with Crippen LogP contribution in [0.1, 0.15) is 114 Å². The van der Waals surface area contributed by atoms with Gasteiger partial charge in [0.1, 0.15) is 6.61 Å². The average Bonchev–Trinajstić information content (AvgIpc) is 2.77. The first-order chi connectivity index (χ1) is 15.1. The third kappa shape index (κ3) is 15.6. The van der Waals surface area contributed by atoms with Gasteiger partial charge in [0.25, 0.3) is 0 Å². The van der Waals surface area contributed by atoms with Crippen LogP contribution in [0.5, 0.6) is 0 Å². The zero-order valence-corrected chi connectivity index (χ0v) is 20.0. The highest BCUT2D eigenvalue weighted by Gasteiger charge is 2.10. The second-order valence-electron chi connectivity index (χ2n) is 8.55. The SMILES string of the molecule is CCCCCCCCCCCCCCCOC(=O)CCC(=O)OCc1ccccc1C. The van der Waals surface area contributed by atoms with Crippen LogP contribution in [0.2, 0.25) is 0 Å². The number of aryl methyl sites for hydroxylation is 1. The molecule has 0 aliphatic heterocycles. The number of carbonyl (C=O) groups excluding carboxylic acids is 2. The van der Waals surface area contributed by atoms with Gasteiger partial charge in [-0.3, -0.25) is 9.59 Å². The molecule has 1 rings (SSSR count). The lowest BCUT2D eigenvalue weighted by atomic mass is 10.0. The van der Waals surface area contributed by atoms with Gasteiger partial charge in [0.2, 0.25) is 0 Å². The first-order valence-corrected chi connectivity index (χ1v) is 12.5. The summed E-state index contributed by atoms with van der Waals surface area (Å²) in [5.41, 5.74) is 2.08. The summed E-state index contributed by atoms with van der Waals surface area (Å²) in [6, 6.07) is 7.79. The lowest BCUT2D eigenvalue weighted by molar-refractivity contribution is -0.151. The van der Waals surface area contributed by atoms with Crippen molar-refractivity contribution in [2.75, 3.05) is 6.61 Å². The van der Waals surface area contributed by atoms with Crippen molar-refractivity contribution in [3.05, 3.63) is 35.4 Å². The summed E-state index contributed by atoms with van der Waals surface area (Å²) in [6.45, 7) is 4.95. The summed E-state index contributed by atoms with van der Waals surface area (Å²) in [4.78, 5) is 23.6.